The molecule has 108 valence electrons. The number of hydrogen-bond donors (Lipinski definition) is 2. The number of ether oxygens (including phenoxy) is 1. The summed E-state index contributed by atoms with van der Waals surface area (Å²) in [7, 11) is 2.84. The molecule has 0 unspecified atom stereocenters. The van der Waals surface area contributed by atoms with Gasteiger partial charge in [-0.2, -0.15) is 0 Å². The van der Waals surface area contributed by atoms with E-state index in [0.717, 1.165) is 11.8 Å². The molecule has 0 spiro atoms. The minimum Gasteiger partial charge on any atom is -0.468 e. The Kier molecular flexibility index (Phi) is 6.58. The van der Waals surface area contributed by atoms with E-state index in [-0.39, 0.29) is 29.3 Å². The number of nitrogens with one attached hydrogen (secondary N) is 2. The molecule has 0 heterocycles. The molecule has 0 saturated heterocycles. The minimum absolute atomic E-state index is 0.127. The molecule has 6 nitrogen and oxygen atoms in total. The van der Waals surface area contributed by atoms with Gasteiger partial charge in [-0.05, 0) is 18.2 Å². The lowest BCUT2D eigenvalue weighted by Gasteiger charge is -2.06. The highest BCUT2D eigenvalue weighted by Crippen LogP contribution is 2.11. The van der Waals surface area contributed by atoms with E-state index in [2.05, 4.69) is 15.4 Å². The summed E-state index contributed by atoms with van der Waals surface area (Å²) in [5.74, 6) is -0.569. The van der Waals surface area contributed by atoms with Crippen molar-refractivity contribution in [1.29, 1.82) is 0 Å². The number of rotatable bonds is 6. The Morgan fingerprint density at radius 1 is 1.25 bits per heavy atom. The molecule has 0 radical (unpaired) electrons. The standard InChI is InChI=1S/C13H16N2O4S/c1-14-13(18)9-4-3-5-10(6-9)15-11(16)7-20-8-12(17)19-2/h3-6H,7-8H2,1-2H3,(H,14,18)(H,15,16). The van der Waals surface area contributed by atoms with Crippen molar-refractivity contribution in [3.8, 4) is 0 Å². The normalized spacial score (nSPS) is 9.70. The van der Waals surface area contributed by atoms with E-state index in [9.17, 15) is 14.4 Å². The number of carbonyl (C=O) groups is 3. The molecule has 0 aliphatic carbocycles. The second-order valence-electron chi connectivity index (χ2n) is 3.78. The summed E-state index contributed by atoms with van der Waals surface area (Å²) in [6.45, 7) is 0. The van der Waals surface area contributed by atoms with E-state index in [1.165, 1.54) is 14.2 Å². The molecule has 0 saturated carbocycles. The number of amides is 2. The van der Waals surface area contributed by atoms with Gasteiger partial charge in [0, 0.05) is 18.3 Å². The van der Waals surface area contributed by atoms with Gasteiger partial charge in [-0.3, -0.25) is 14.4 Å². The molecule has 0 fully saturated rings. The van der Waals surface area contributed by atoms with Gasteiger partial charge in [0.2, 0.25) is 5.91 Å². The fourth-order valence-corrected chi connectivity index (χ4v) is 2.01. The lowest BCUT2D eigenvalue weighted by Crippen LogP contribution is -2.19. The van der Waals surface area contributed by atoms with Crippen molar-refractivity contribution in [3.63, 3.8) is 0 Å². The van der Waals surface area contributed by atoms with E-state index >= 15 is 0 Å². The van der Waals surface area contributed by atoms with Gasteiger partial charge in [-0.15, -0.1) is 11.8 Å². The minimum atomic E-state index is -0.371. The summed E-state index contributed by atoms with van der Waals surface area (Å²) in [5, 5.41) is 5.17. The van der Waals surface area contributed by atoms with E-state index in [4.69, 9.17) is 0 Å². The predicted molar refractivity (Wildman–Crippen MR) is 77.8 cm³/mol. The van der Waals surface area contributed by atoms with Crippen molar-refractivity contribution in [2.75, 3.05) is 31.0 Å². The third-order valence-corrected chi connectivity index (χ3v) is 3.22. The molecule has 0 aromatic heterocycles. The monoisotopic (exact) mass is 296 g/mol. The van der Waals surface area contributed by atoms with Crippen molar-refractivity contribution in [2.24, 2.45) is 0 Å². The molecule has 0 aliphatic rings. The topological polar surface area (TPSA) is 84.5 Å². The smallest absolute Gasteiger partial charge is 0.315 e. The van der Waals surface area contributed by atoms with Crippen LogP contribution in [0.5, 0.6) is 0 Å². The molecule has 1 aromatic carbocycles. The van der Waals surface area contributed by atoms with Crippen molar-refractivity contribution in [2.45, 2.75) is 0 Å². The van der Waals surface area contributed by atoms with E-state index in [1.54, 1.807) is 24.3 Å². The zero-order chi connectivity index (χ0) is 15.0. The summed E-state index contributed by atoms with van der Waals surface area (Å²) in [6.07, 6.45) is 0. The Balaban J connectivity index is 2.49. The fourth-order valence-electron chi connectivity index (χ4n) is 1.37. The van der Waals surface area contributed by atoms with Crippen LogP contribution in [0.2, 0.25) is 0 Å². The Hall–Kier alpha value is -2.02. The lowest BCUT2D eigenvalue weighted by molar-refractivity contribution is -0.137. The van der Waals surface area contributed by atoms with Gasteiger partial charge in [0.15, 0.2) is 0 Å². The van der Waals surface area contributed by atoms with Crippen molar-refractivity contribution in [1.82, 2.24) is 5.32 Å². The quantitative estimate of drug-likeness (QED) is 0.762. The van der Waals surface area contributed by atoms with Crippen molar-refractivity contribution in [3.05, 3.63) is 29.8 Å². The Bertz CT molecular complexity index is 505. The highest BCUT2D eigenvalue weighted by molar-refractivity contribution is 8.00. The third-order valence-electron chi connectivity index (χ3n) is 2.32. The van der Waals surface area contributed by atoms with Crippen molar-refractivity contribution >= 4 is 35.2 Å². The van der Waals surface area contributed by atoms with E-state index < -0.39 is 0 Å². The maximum Gasteiger partial charge on any atom is 0.315 e. The highest BCUT2D eigenvalue weighted by Gasteiger charge is 2.08. The first-order valence-electron chi connectivity index (χ1n) is 5.83. The van der Waals surface area contributed by atoms with Crippen LogP contribution < -0.4 is 10.6 Å². The first kappa shape index (κ1) is 16.0. The summed E-state index contributed by atoms with van der Waals surface area (Å²) in [6, 6.07) is 6.61. The number of hydrogen-bond acceptors (Lipinski definition) is 5. The average molecular weight is 296 g/mol. The number of anilines is 1. The molecule has 1 aromatic rings. The zero-order valence-corrected chi connectivity index (χ0v) is 12.1. The van der Waals surface area contributed by atoms with Gasteiger partial charge in [-0.1, -0.05) is 6.07 Å². The second-order valence-corrected chi connectivity index (χ2v) is 4.76. The average Bonchev–Trinajstić information content (AvgIpc) is 2.46. The van der Waals surface area contributed by atoms with E-state index in [0.29, 0.717) is 11.3 Å². The van der Waals surface area contributed by atoms with Gasteiger partial charge < -0.3 is 15.4 Å². The van der Waals surface area contributed by atoms with E-state index in [1.807, 2.05) is 0 Å². The van der Waals surface area contributed by atoms with Crippen LogP contribution in [-0.4, -0.2) is 43.4 Å². The largest absolute Gasteiger partial charge is 0.468 e. The molecular weight excluding hydrogens is 280 g/mol. The van der Waals surface area contributed by atoms with Gasteiger partial charge in [0.1, 0.15) is 0 Å². The zero-order valence-electron chi connectivity index (χ0n) is 11.3. The van der Waals surface area contributed by atoms with Crippen LogP contribution in [0.1, 0.15) is 10.4 Å². The van der Waals surface area contributed by atoms with Crippen LogP contribution in [0.3, 0.4) is 0 Å². The van der Waals surface area contributed by atoms with Crippen LogP contribution in [0.4, 0.5) is 5.69 Å². The molecule has 2 N–H and O–H groups in total. The SMILES string of the molecule is CNC(=O)c1cccc(NC(=O)CSCC(=O)OC)c1. The molecular formula is C13H16N2O4S. The predicted octanol–water partition coefficient (Wildman–Crippen LogP) is 0.891. The highest BCUT2D eigenvalue weighted by atomic mass is 32.2. The van der Waals surface area contributed by atoms with Gasteiger partial charge in [0.05, 0.1) is 18.6 Å². The number of benzene rings is 1. The van der Waals surface area contributed by atoms with Gasteiger partial charge in [0.25, 0.3) is 5.91 Å². The van der Waals surface area contributed by atoms with Crippen LogP contribution in [0.25, 0.3) is 0 Å². The number of methoxy groups -OCH3 is 1. The number of carbonyl (C=O) groups excluding carboxylic acids is 3. The van der Waals surface area contributed by atoms with Crippen molar-refractivity contribution < 1.29 is 19.1 Å². The molecule has 7 heteroatoms. The molecule has 2 amide bonds. The maximum atomic E-state index is 11.6. The fraction of sp³-hybridized carbons (Fsp3) is 0.308. The Morgan fingerprint density at radius 3 is 2.65 bits per heavy atom. The van der Waals surface area contributed by atoms with Crippen LogP contribution >= 0.6 is 11.8 Å². The number of thioether (sulfide) groups is 1. The van der Waals surface area contributed by atoms with Crippen LogP contribution in [0.15, 0.2) is 24.3 Å². The summed E-state index contributed by atoms with van der Waals surface area (Å²) in [4.78, 5) is 34.0. The lowest BCUT2D eigenvalue weighted by atomic mass is 10.2. The van der Waals surface area contributed by atoms with Crippen LogP contribution in [0, 0.1) is 0 Å². The second kappa shape index (κ2) is 8.21. The molecule has 0 bridgehead atoms. The molecule has 1 rings (SSSR count). The third kappa shape index (κ3) is 5.31. The van der Waals surface area contributed by atoms with Gasteiger partial charge in [-0.25, -0.2) is 0 Å². The Labute approximate surface area is 121 Å². The van der Waals surface area contributed by atoms with Gasteiger partial charge >= 0.3 is 5.97 Å². The first-order valence-corrected chi connectivity index (χ1v) is 6.99. The summed E-state index contributed by atoms with van der Waals surface area (Å²) < 4.78 is 4.47. The molecule has 20 heavy (non-hydrogen) atoms. The summed E-state index contributed by atoms with van der Waals surface area (Å²) >= 11 is 1.16. The Morgan fingerprint density at radius 2 is 2.00 bits per heavy atom. The summed E-state index contributed by atoms with van der Waals surface area (Å²) in [5.41, 5.74) is 1.00. The number of esters is 1. The van der Waals surface area contributed by atoms with Crippen LogP contribution in [-0.2, 0) is 14.3 Å². The molecule has 0 aliphatic heterocycles. The molecule has 0 atom stereocenters. The maximum absolute atomic E-state index is 11.6. The first-order chi connectivity index (χ1) is 9.56.